The Bertz CT molecular complexity index is 1210. The minimum absolute atomic E-state index is 0.0821. The lowest BCUT2D eigenvalue weighted by molar-refractivity contribution is -0.120. The summed E-state index contributed by atoms with van der Waals surface area (Å²) < 4.78 is 17.7. The number of nitrogens with one attached hydrogen (secondary N) is 1. The summed E-state index contributed by atoms with van der Waals surface area (Å²) in [7, 11) is 3.22. The maximum absolute atomic E-state index is 12.1. The van der Waals surface area contributed by atoms with Gasteiger partial charge in [-0.1, -0.05) is 24.3 Å². The van der Waals surface area contributed by atoms with Crippen LogP contribution in [0.1, 0.15) is 5.56 Å². The Morgan fingerprint density at radius 1 is 0.969 bits per heavy atom. The number of benzene rings is 2. The highest BCUT2D eigenvalue weighted by atomic mass is 16.5. The third kappa shape index (κ3) is 4.94. The summed E-state index contributed by atoms with van der Waals surface area (Å²) >= 11 is 0. The van der Waals surface area contributed by atoms with Gasteiger partial charge in [0.05, 0.1) is 27.2 Å². The predicted molar refractivity (Wildman–Crippen MR) is 118 cm³/mol. The molecule has 32 heavy (non-hydrogen) atoms. The van der Waals surface area contributed by atoms with Gasteiger partial charge in [0.15, 0.2) is 11.5 Å². The molecule has 0 aliphatic carbocycles. The normalized spacial score (nSPS) is 10.7. The maximum Gasteiger partial charge on any atom is 0.231 e. The average Bonchev–Trinajstić information content (AvgIpc) is 3.26. The van der Waals surface area contributed by atoms with Gasteiger partial charge >= 0.3 is 0 Å². The van der Waals surface area contributed by atoms with Crippen LogP contribution in [0.2, 0.25) is 0 Å². The van der Waals surface area contributed by atoms with E-state index in [2.05, 4.69) is 20.6 Å². The molecule has 1 N–H and O–H groups in total. The van der Waals surface area contributed by atoms with E-state index >= 15 is 0 Å². The van der Waals surface area contributed by atoms with E-state index in [1.807, 2.05) is 48.5 Å². The molecule has 0 atom stereocenters. The molecular formula is C23H23N5O4. The van der Waals surface area contributed by atoms with Crippen LogP contribution in [0.3, 0.4) is 0 Å². The number of carbonyl (C=O) groups is 1. The van der Waals surface area contributed by atoms with E-state index in [4.69, 9.17) is 14.2 Å². The summed E-state index contributed by atoms with van der Waals surface area (Å²) in [6.45, 7) is 0.642. The summed E-state index contributed by atoms with van der Waals surface area (Å²) in [5.41, 5.74) is 2.34. The van der Waals surface area contributed by atoms with Gasteiger partial charge < -0.3 is 19.5 Å². The highest BCUT2D eigenvalue weighted by Crippen LogP contribution is 2.23. The number of nitrogens with zero attached hydrogens (tertiary/aromatic N) is 4. The molecule has 9 nitrogen and oxygen atoms in total. The molecule has 0 aliphatic heterocycles. The molecule has 0 unspecified atom stereocenters. The van der Waals surface area contributed by atoms with Crippen LogP contribution in [0.5, 0.6) is 17.4 Å². The fraction of sp³-hybridized carbons (Fsp3) is 0.217. The maximum atomic E-state index is 12.1. The predicted octanol–water partition coefficient (Wildman–Crippen LogP) is 2.55. The summed E-state index contributed by atoms with van der Waals surface area (Å²) in [6.07, 6.45) is 0.290. The zero-order valence-electron chi connectivity index (χ0n) is 17.8. The molecule has 0 radical (unpaired) electrons. The van der Waals surface area contributed by atoms with Gasteiger partial charge in [-0.3, -0.25) is 4.79 Å². The Morgan fingerprint density at radius 2 is 1.78 bits per heavy atom. The van der Waals surface area contributed by atoms with E-state index in [0.717, 1.165) is 22.6 Å². The van der Waals surface area contributed by atoms with Crippen LogP contribution < -0.4 is 19.5 Å². The van der Waals surface area contributed by atoms with E-state index in [1.165, 1.54) is 0 Å². The largest absolute Gasteiger partial charge is 0.497 e. The lowest BCUT2D eigenvalue weighted by Crippen LogP contribution is -2.29. The molecule has 164 valence electrons. The molecular weight excluding hydrogens is 410 g/mol. The second-order valence-electron chi connectivity index (χ2n) is 6.92. The van der Waals surface area contributed by atoms with Crippen molar-refractivity contribution in [1.82, 2.24) is 25.1 Å². The first-order chi connectivity index (χ1) is 15.7. The van der Waals surface area contributed by atoms with Gasteiger partial charge in [-0.05, 0) is 35.9 Å². The minimum Gasteiger partial charge on any atom is -0.497 e. The van der Waals surface area contributed by atoms with Crippen molar-refractivity contribution >= 4 is 11.6 Å². The molecule has 2 aromatic heterocycles. The monoisotopic (exact) mass is 433 g/mol. The van der Waals surface area contributed by atoms with Gasteiger partial charge in [-0.2, -0.15) is 4.52 Å². The van der Waals surface area contributed by atoms with Crippen molar-refractivity contribution in [2.24, 2.45) is 0 Å². The molecule has 0 saturated carbocycles. The molecule has 2 heterocycles. The first-order valence-electron chi connectivity index (χ1n) is 10.1. The van der Waals surface area contributed by atoms with E-state index in [-0.39, 0.29) is 12.5 Å². The Balaban J connectivity index is 1.33. The smallest absolute Gasteiger partial charge is 0.231 e. The first-order valence-corrected chi connectivity index (χ1v) is 10.1. The number of methoxy groups -OCH3 is 2. The van der Waals surface area contributed by atoms with Crippen LogP contribution in [-0.2, 0) is 11.2 Å². The summed E-state index contributed by atoms with van der Waals surface area (Å²) in [6, 6.07) is 18.4. The molecule has 0 saturated heterocycles. The quantitative estimate of drug-likeness (QED) is 0.405. The number of aromatic nitrogens is 4. The van der Waals surface area contributed by atoms with Crippen LogP contribution in [0.4, 0.5) is 0 Å². The van der Waals surface area contributed by atoms with Crippen LogP contribution in [-0.4, -0.2) is 53.1 Å². The molecule has 1 amide bonds. The second kappa shape index (κ2) is 9.78. The van der Waals surface area contributed by atoms with E-state index in [9.17, 15) is 4.79 Å². The fourth-order valence-corrected chi connectivity index (χ4v) is 3.13. The van der Waals surface area contributed by atoms with Crippen LogP contribution in [0, 0.1) is 0 Å². The van der Waals surface area contributed by atoms with Crippen molar-refractivity contribution < 1.29 is 19.0 Å². The number of rotatable bonds is 9. The van der Waals surface area contributed by atoms with E-state index in [1.54, 1.807) is 30.9 Å². The van der Waals surface area contributed by atoms with Crippen molar-refractivity contribution in [1.29, 1.82) is 0 Å². The number of hydrogen-bond donors (Lipinski definition) is 1. The molecule has 0 spiro atoms. The van der Waals surface area contributed by atoms with E-state index < -0.39 is 0 Å². The Hall–Kier alpha value is -4.14. The SMILES string of the molecule is COc1ccc(CC(=O)NCCOc2ccc3nnc(-c4cccc(OC)c4)n3n2)cc1. The third-order valence-electron chi connectivity index (χ3n) is 4.76. The fourth-order valence-electron chi connectivity index (χ4n) is 3.13. The van der Waals surface area contributed by atoms with Crippen LogP contribution >= 0.6 is 0 Å². The molecule has 2 aromatic carbocycles. The standard InChI is InChI=1S/C23H23N5O4/c1-30-18-8-6-16(7-9-18)14-21(29)24-12-13-32-22-11-10-20-25-26-23(28(20)27-22)17-4-3-5-19(15-17)31-2/h3-11,15H,12-14H2,1-2H3,(H,24,29). The summed E-state index contributed by atoms with van der Waals surface area (Å²) in [4.78, 5) is 12.1. The lowest BCUT2D eigenvalue weighted by Gasteiger charge is -2.08. The zero-order valence-corrected chi connectivity index (χ0v) is 17.8. The number of ether oxygens (including phenoxy) is 3. The van der Waals surface area contributed by atoms with Crippen molar-refractivity contribution in [2.45, 2.75) is 6.42 Å². The highest BCUT2D eigenvalue weighted by molar-refractivity contribution is 5.78. The second-order valence-corrected chi connectivity index (χ2v) is 6.92. The van der Waals surface area contributed by atoms with Gasteiger partial charge in [0.25, 0.3) is 0 Å². The van der Waals surface area contributed by atoms with Crippen molar-refractivity contribution in [2.75, 3.05) is 27.4 Å². The minimum atomic E-state index is -0.0821. The Morgan fingerprint density at radius 3 is 2.56 bits per heavy atom. The van der Waals surface area contributed by atoms with Crippen molar-refractivity contribution in [3.63, 3.8) is 0 Å². The molecule has 4 aromatic rings. The molecule has 0 fully saturated rings. The van der Waals surface area contributed by atoms with Gasteiger partial charge in [0, 0.05) is 11.6 Å². The number of fused-ring (bicyclic) bond motifs is 1. The topological polar surface area (TPSA) is 99.9 Å². The van der Waals surface area contributed by atoms with Crippen LogP contribution in [0.25, 0.3) is 17.0 Å². The molecule has 0 bridgehead atoms. The highest BCUT2D eigenvalue weighted by Gasteiger charge is 2.11. The van der Waals surface area contributed by atoms with Gasteiger partial charge in [-0.25, -0.2) is 0 Å². The summed E-state index contributed by atoms with van der Waals surface area (Å²) in [5, 5.41) is 15.7. The van der Waals surface area contributed by atoms with Crippen molar-refractivity contribution in [3.05, 3.63) is 66.2 Å². The van der Waals surface area contributed by atoms with Crippen LogP contribution in [0.15, 0.2) is 60.7 Å². The Labute approximate surface area is 185 Å². The van der Waals surface area contributed by atoms with Crippen molar-refractivity contribution in [3.8, 4) is 28.8 Å². The molecule has 0 aliphatic rings. The lowest BCUT2D eigenvalue weighted by atomic mass is 10.1. The molecule has 4 rings (SSSR count). The third-order valence-corrected chi connectivity index (χ3v) is 4.76. The zero-order chi connectivity index (χ0) is 22.3. The first kappa shape index (κ1) is 21.1. The van der Waals surface area contributed by atoms with Gasteiger partial charge in [-0.15, -0.1) is 15.3 Å². The number of hydrogen-bond acceptors (Lipinski definition) is 7. The number of amides is 1. The summed E-state index contributed by atoms with van der Waals surface area (Å²) in [5.74, 6) is 2.39. The van der Waals surface area contributed by atoms with E-state index in [0.29, 0.717) is 30.3 Å². The molecule has 9 heteroatoms. The Kier molecular flexibility index (Phi) is 6.45. The average molecular weight is 433 g/mol. The van der Waals surface area contributed by atoms with Gasteiger partial charge in [0.2, 0.25) is 11.8 Å². The number of carbonyl (C=O) groups excluding carboxylic acids is 1. The van der Waals surface area contributed by atoms with Gasteiger partial charge in [0.1, 0.15) is 18.1 Å².